The van der Waals surface area contributed by atoms with Crippen molar-refractivity contribution < 1.29 is 39.3 Å². The van der Waals surface area contributed by atoms with Crippen molar-refractivity contribution in [2.24, 2.45) is 11.5 Å². The number of nitrogens with two attached hydrogens (primary N) is 2. The molecule has 0 spiro atoms. The number of nitrogens with one attached hydrogen (secondary N) is 1. The molecule has 124 valence electrons. The van der Waals surface area contributed by atoms with Gasteiger partial charge in [0.1, 0.15) is 6.04 Å². The third-order valence-corrected chi connectivity index (χ3v) is 2.80. The zero-order chi connectivity index (χ0) is 17.5. The molecule has 0 bridgehead atoms. The Morgan fingerprint density at radius 1 is 1.05 bits per heavy atom. The van der Waals surface area contributed by atoms with E-state index in [1.54, 1.807) is 0 Å². The number of primary amides is 1. The van der Waals surface area contributed by atoms with E-state index in [0.29, 0.717) is 0 Å². The lowest BCUT2D eigenvalue weighted by Crippen LogP contribution is -2.62. The summed E-state index contributed by atoms with van der Waals surface area (Å²) in [4.78, 5) is 55.1. The fraction of sp³-hybridized carbons (Fsp3) is 0.545. The van der Waals surface area contributed by atoms with Crippen molar-refractivity contribution in [3.63, 3.8) is 0 Å². The number of rotatable bonds is 10. The average Bonchev–Trinajstić information content (AvgIpc) is 2.39. The van der Waals surface area contributed by atoms with Crippen LogP contribution in [0.15, 0.2) is 0 Å². The van der Waals surface area contributed by atoms with E-state index in [1.165, 1.54) is 0 Å². The van der Waals surface area contributed by atoms with Crippen LogP contribution in [0.25, 0.3) is 0 Å². The predicted molar refractivity (Wildman–Crippen MR) is 69.4 cm³/mol. The second-order valence-electron chi connectivity index (χ2n) is 4.54. The van der Waals surface area contributed by atoms with E-state index in [2.05, 4.69) is 0 Å². The van der Waals surface area contributed by atoms with Crippen LogP contribution in [0.2, 0.25) is 0 Å². The first-order valence-corrected chi connectivity index (χ1v) is 6.07. The highest BCUT2D eigenvalue weighted by Gasteiger charge is 2.43. The smallest absolute Gasteiger partial charge is 0.333 e. The molecule has 0 aromatic rings. The number of hydrogen-bond acceptors (Lipinski definition) is 6. The summed E-state index contributed by atoms with van der Waals surface area (Å²) >= 11 is 0. The summed E-state index contributed by atoms with van der Waals surface area (Å²) in [5.74, 6) is -6.83. The number of carbonyl (C=O) groups excluding carboxylic acids is 2. The van der Waals surface area contributed by atoms with Gasteiger partial charge in [-0.05, 0) is 12.8 Å². The van der Waals surface area contributed by atoms with Gasteiger partial charge in [-0.3, -0.25) is 14.4 Å². The van der Waals surface area contributed by atoms with E-state index >= 15 is 0 Å². The summed E-state index contributed by atoms with van der Waals surface area (Å²) in [5.41, 5.74) is 7.71. The Kier molecular flexibility index (Phi) is 6.96. The van der Waals surface area contributed by atoms with Gasteiger partial charge in [-0.15, -0.1) is 0 Å². The van der Waals surface area contributed by atoms with Crippen LogP contribution in [0.5, 0.6) is 0 Å². The van der Waals surface area contributed by atoms with Crippen LogP contribution in [0.3, 0.4) is 0 Å². The molecule has 0 aliphatic heterocycles. The minimum absolute atomic E-state index is 0.456. The molecule has 0 aliphatic carbocycles. The summed E-state index contributed by atoms with van der Waals surface area (Å²) < 4.78 is 0. The highest BCUT2D eigenvalue weighted by molar-refractivity contribution is 6.07. The van der Waals surface area contributed by atoms with E-state index in [1.807, 2.05) is 5.32 Å². The molecule has 2 amide bonds. The maximum atomic E-state index is 11.9. The van der Waals surface area contributed by atoms with Gasteiger partial charge in [-0.2, -0.15) is 0 Å². The van der Waals surface area contributed by atoms with Crippen LogP contribution in [0.4, 0.5) is 0 Å². The number of carboxylic acid groups (broad SMARTS) is 3. The first-order valence-electron chi connectivity index (χ1n) is 6.07. The van der Waals surface area contributed by atoms with E-state index in [-0.39, 0.29) is 0 Å². The summed E-state index contributed by atoms with van der Waals surface area (Å²) in [6.45, 7) is 0. The van der Waals surface area contributed by atoms with Crippen molar-refractivity contribution in [1.82, 2.24) is 5.32 Å². The fourth-order valence-electron chi connectivity index (χ4n) is 1.45. The van der Waals surface area contributed by atoms with Gasteiger partial charge in [0.15, 0.2) is 5.54 Å². The minimum atomic E-state index is -2.55. The van der Waals surface area contributed by atoms with Crippen LogP contribution < -0.4 is 16.8 Å². The Balaban J connectivity index is 5.05. The summed E-state index contributed by atoms with van der Waals surface area (Å²) in [5, 5.41) is 28.2. The van der Waals surface area contributed by atoms with Crippen LogP contribution >= 0.6 is 0 Å². The molecule has 0 rings (SSSR count). The van der Waals surface area contributed by atoms with Gasteiger partial charge in [-0.1, -0.05) is 0 Å². The van der Waals surface area contributed by atoms with Crippen molar-refractivity contribution in [2.75, 3.05) is 0 Å². The van der Waals surface area contributed by atoms with Gasteiger partial charge < -0.3 is 32.1 Å². The number of amides is 2. The molecule has 0 aliphatic rings. The van der Waals surface area contributed by atoms with Gasteiger partial charge in [0.25, 0.3) is 5.91 Å². The zero-order valence-corrected chi connectivity index (χ0v) is 11.4. The molecular formula is C11H17N3O8. The third kappa shape index (κ3) is 5.75. The molecule has 2 atom stereocenters. The molecule has 11 heteroatoms. The second kappa shape index (κ2) is 7.93. The summed E-state index contributed by atoms with van der Waals surface area (Å²) in [7, 11) is 0. The number of aliphatic carboxylic acids is 3. The normalized spacial score (nSPS) is 14.4. The summed E-state index contributed by atoms with van der Waals surface area (Å²) in [6, 6.07) is -1.63. The molecule has 11 nitrogen and oxygen atoms in total. The van der Waals surface area contributed by atoms with Gasteiger partial charge in [0, 0.05) is 12.8 Å². The van der Waals surface area contributed by atoms with E-state index in [9.17, 15) is 24.0 Å². The standard InChI is InChI=1S/C11H17N3O8/c12-6(15)3-4-11(13,10(21)22)9(20)14-5(8(18)19)1-2-7(16)17/h5H,1-4,13H2,(H2,12,15)(H,14,20)(H,16,17)(H,18,19)(H,21,22)/t5?,11-/m1/s1. The lowest BCUT2D eigenvalue weighted by atomic mass is 9.92. The van der Waals surface area contributed by atoms with Crippen LogP contribution in [0.1, 0.15) is 25.7 Å². The van der Waals surface area contributed by atoms with E-state index < -0.39 is 67.0 Å². The zero-order valence-electron chi connectivity index (χ0n) is 11.4. The van der Waals surface area contributed by atoms with Crippen molar-refractivity contribution >= 4 is 29.7 Å². The number of carboxylic acids is 3. The van der Waals surface area contributed by atoms with E-state index in [0.717, 1.165) is 0 Å². The van der Waals surface area contributed by atoms with Crippen LogP contribution in [-0.2, 0) is 24.0 Å². The monoisotopic (exact) mass is 319 g/mol. The Bertz CT molecular complexity index is 492. The highest BCUT2D eigenvalue weighted by Crippen LogP contribution is 2.12. The van der Waals surface area contributed by atoms with Crippen LogP contribution in [0, 0.1) is 0 Å². The maximum Gasteiger partial charge on any atom is 0.333 e. The second-order valence-corrected chi connectivity index (χ2v) is 4.54. The van der Waals surface area contributed by atoms with Gasteiger partial charge in [0.2, 0.25) is 5.91 Å². The SMILES string of the molecule is NC(=O)CC[C@](N)(C(=O)O)C(=O)NC(CCC(=O)O)C(=O)O. The molecule has 8 N–H and O–H groups in total. The molecule has 0 fully saturated rings. The minimum Gasteiger partial charge on any atom is -0.481 e. The third-order valence-electron chi connectivity index (χ3n) is 2.80. The van der Waals surface area contributed by atoms with Crippen molar-refractivity contribution in [3.8, 4) is 0 Å². The largest absolute Gasteiger partial charge is 0.481 e. The molecule has 0 heterocycles. The topological polar surface area (TPSA) is 210 Å². The fourth-order valence-corrected chi connectivity index (χ4v) is 1.45. The predicted octanol–water partition coefficient (Wildman–Crippen LogP) is -2.53. The first-order chi connectivity index (χ1) is 10.0. The summed E-state index contributed by atoms with van der Waals surface area (Å²) in [6.07, 6.45) is -2.14. The number of carbonyl (C=O) groups is 5. The Morgan fingerprint density at radius 2 is 1.59 bits per heavy atom. The van der Waals surface area contributed by atoms with Crippen LogP contribution in [-0.4, -0.2) is 56.6 Å². The Hall–Kier alpha value is -2.69. The molecule has 0 saturated heterocycles. The van der Waals surface area contributed by atoms with Crippen molar-refractivity contribution in [2.45, 2.75) is 37.3 Å². The Morgan fingerprint density at radius 3 is 1.95 bits per heavy atom. The van der Waals surface area contributed by atoms with Crippen molar-refractivity contribution in [3.05, 3.63) is 0 Å². The molecular weight excluding hydrogens is 302 g/mol. The van der Waals surface area contributed by atoms with Gasteiger partial charge in [0.05, 0.1) is 0 Å². The Labute approximate surface area is 124 Å². The van der Waals surface area contributed by atoms with E-state index in [4.69, 9.17) is 26.8 Å². The molecule has 22 heavy (non-hydrogen) atoms. The average molecular weight is 319 g/mol. The molecule has 0 aromatic heterocycles. The quantitative estimate of drug-likeness (QED) is 0.234. The van der Waals surface area contributed by atoms with Gasteiger partial charge in [-0.25, -0.2) is 9.59 Å². The molecule has 0 saturated carbocycles. The first kappa shape index (κ1) is 19.3. The molecule has 0 radical (unpaired) electrons. The molecule has 1 unspecified atom stereocenters. The van der Waals surface area contributed by atoms with Gasteiger partial charge >= 0.3 is 17.9 Å². The van der Waals surface area contributed by atoms with Crippen molar-refractivity contribution in [1.29, 1.82) is 0 Å². The lowest BCUT2D eigenvalue weighted by molar-refractivity contribution is -0.152. The molecule has 0 aromatic carbocycles. The lowest BCUT2D eigenvalue weighted by Gasteiger charge is -2.25. The highest BCUT2D eigenvalue weighted by atomic mass is 16.4. The number of hydrogen-bond donors (Lipinski definition) is 6. The maximum absolute atomic E-state index is 11.9.